The summed E-state index contributed by atoms with van der Waals surface area (Å²) in [5, 5.41) is 30.8. The molecule has 37 heavy (non-hydrogen) atoms. The number of piperidine rings is 1. The first-order valence-corrected chi connectivity index (χ1v) is 12.1. The van der Waals surface area contributed by atoms with Gasteiger partial charge in [-0.1, -0.05) is 17.9 Å². The van der Waals surface area contributed by atoms with E-state index >= 15 is 0 Å². The monoisotopic (exact) mass is 501 g/mol. The van der Waals surface area contributed by atoms with E-state index in [2.05, 4.69) is 16.8 Å². The Hall–Kier alpha value is -3.98. The highest BCUT2D eigenvalue weighted by atomic mass is 19.1. The van der Waals surface area contributed by atoms with Gasteiger partial charge in [-0.25, -0.2) is 4.39 Å². The molecule has 1 aliphatic rings. The highest BCUT2D eigenvalue weighted by molar-refractivity contribution is 5.83. The number of likely N-dealkylation sites (tertiary alicyclic amines) is 1. The predicted octanol–water partition coefficient (Wildman–Crippen LogP) is 4.14. The minimum absolute atomic E-state index is 0.0765. The second-order valence-corrected chi connectivity index (χ2v) is 9.18. The lowest BCUT2D eigenvalue weighted by Gasteiger charge is -2.36. The van der Waals surface area contributed by atoms with Crippen LogP contribution < -0.4 is 4.74 Å². The molecule has 1 saturated heterocycles. The minimum atomic E-state index is -0.867. The third-order valence-electron chi connectivity index (χ3n) is 6.96. The van der Waals surface area contributed by atoms with Gasteiger partial charge >= 0.3 is 5.97 Å². The number of aliphatic carboxylic acids is 1. The molecule has 1 aliphatic heterocycles. The maximum absolute atomic E-state index is 13.8. The number of rotatable bonds is 7. The third-order valence-corrected chi connectivity index (χ3v) is 6.96. The molecule has 1 aromatic heterocycles. The van der Waals surface area contributed by atoms with Crippen molar-refractivity contribution in [2.45, 2.75) is 25.4 Å². The summed E-state index contributed by atoms with van der Waals surface area (Å²) in [6.45, 7) is 1.34. The molecule has 0 saturated carbocycles. The van der Waals surface area contributed by atoms with Crippen molar-refractivity contribution in [3.05, 3.63) is 71.2 Å². The normalized spacial score (nSPS) is 18.4. The van der Waals surface area contributed by atoms with Crippen molar-refractivity contribution in [2.75, 3.05) is 26.7 Å². The average Bonchev–Trinajstić information content (AvgIpc) is 2.91. The number of aliphatic hydroxyl groups is 1. The van der Waals surface area contributed by atoms with Crippen molar-refractivity contribution >= 4 is 16.9 Å². The largest absolute Gasteiger partial charge is 0.497 e. The third kappa shape index (κ3) is 6.06. The van der Waals surface area contributed by atoms with E-state index in [9.17, 15) is 19.4 Å². The minimum Gasteiger partial charge on any atom is -0.497 e. The highest BCUT2D eigenvalue weighted by Crippen LogP contribution is 2.33. The molecule has 0 aliphatic carbocycles. The molecule has 0 radical (unpaired) electrons. The number of hydrogen-bond acceptors (Lipinski definition) is 6. The molecule has 0 amide bonds. The molecule has 4 rings (SSSR count). The van der Waals surface area contributed by atoms with E-state index in [0.29, 0.717) is 50.2 Å². The topological polar surface area (TPSA) is 107 Å². The van der Waals surface area contributed by atoms with Crippen molar-refractivity contribution in [3.8, 4) is 23.7 Å². The van der Waals surface area contributed by atoms with Gasteiger partial charge in [0.2, 0.25) is 0 Å². The van der Waals surface area contributed by atoms with Crippen LogP contribution in [0.1, 0.15) is 42.1 Å². The van der Waals surface area contributed by atoms with E-state index < -0.39 is 23.8 Å². The summed E-state index contributed by atoms with van der Waals surface area (Å²) in [6.07, 6.45) is 2.58. The number of aliphatic hydroxyl groups excluding tert-OH is 1. The highest BCUT2D eigenvalue weighted by Gasteiger charge is 2.34. The van der Waals surface area contributed by atoms with Crippen molar-refractivity contribution in [3.63, 3.8) is 0 Å². The zero-order valence-electron chi connectivity index (χ0n) is 20.5. The van der Waals surface area contributed by atoms with Gasteiger partial charge in [0, 0.05) is 23.7 Å². The summed E-state index contributed by atoms with van der Waals surface area (Å²) in [6, 6.07) is 13.5. The number of pyridine rings is 1. The molecular weight excluding hydrogens is 473 g/mol. The van der Waals surface area contributed by atoms with Crippen LogP contribution in [0.15, 0.2) is 48.7 Å². The number of fused-ring (bicyclic) bond motifs is 1. The molecule has 8 heteroatoms. The smallest absolute Gasteiger partial charge is 0.308 e. The molecule has 2 aromatic carbocycles. The average molecular weight is 502 g/mol. The summed E-state index contributed by atoms with van der Waals surface area (Å²) >= 11 is 0. The lowest BCUT2D eigenvalue weighted by molar-refractivity contribution is -0.146. The van der Waals surface area contributed by atoms with Crippen LogP contribution in [0.25, 0.3) is 10.9 Å². The van der Waals surface area contributed by atoms with E-state index in [0.717, 1.165) is 16.5 Å². The quantitative estimate of drug-likeness (QED) is 0.469. The first-order chi connectivity index (χ1) is 17.9. The molecule has 3 atom stereocenters. The van der Waals surface area contributed by atoms with Crippen molar-refractivity contribution < 1.29 is 24.1 Å². The van der Waals surface area contributed by atoms with E-state index in [1.165, 1.54) is 12.1 Å². The SMILES string of the molecule is COc1ccc2nccc([C@@H](O)CC[C@@H]3CCN(CC#Cc4cccc(F)c4C#N)C[C@@H]3C(=O)O)c2c1. The molecule has 0 unspecified atom stereocenters. The van der Waals surface area contributed by atoms with Crippen LogP contribution in [0.3, 0.4) is 0 Å². The Morgan fingerprint density at radius 3 is 2.92 bits per heavy atom. The van der Waals surface area contributed by atoms with Gasteiger partial charge in [-0.3, -0.25) is 14.7 Å². The van der Waals surface area contributed by atoms with Gasteiger partial charge in [0.05, 0.1) is 31.2 Å². The fraction of sp³-hybridized carbons (Fsp3) is 0.345. The van der Waals surface area contributed by atoms with Crippen LogP contribution in [0.4, 0.5) is 4.39 Å². The number of benzene rings is 2. The second kappa shape index (κ2) is 11.8. The lowest BCUT2D eigenvalue weighted by Crippen LogP contribution is -2.44. The fourth-order valence-corrected chi connectivity index (χ4v) is 4.92. The van der Waals surface area contributed by atoms with Gasteiger partial charge < -0.3 is 14.9 Å². The predicted molar refractivity (Wildman–Crippen MR) is 136 cm³/mol. The van der Waals surface area contributed by atoms with Gasteiger partial charge in [0.15, 0.2) is 0 Å². The summed E-state index contributed by atoms with van der Waals surface area (Å²) in [5.41, 5.74) is 1.74. The number of nitrogens with zero attached hydrogens (tertiary/aromatic N) is 3. The van der Waals surface area contributed by atoms with Gasteiger partial charge in [0.1, 0.15) is 23.2 Å². The number of carboxylic acids is 1. The van der Waals surface area contributed by atoms with Gasteiger partial charge in [-0.2, -0.15) is 5.26 Å². The summed E-state index contributed by atoms with van der Waals surface area (Å²) in [7, 11) is 1.59. The first-order valence-electron chi connectivity index (χ1n) is 12.1. The summed E-state index contributed by atoms with van der Waals surface area (Å²) in [5.74, 6) is 4.34. The molecule has 2 heterocycles. The van der Waals surface area contributed by atoms with Crippen molar-refractivity contribution in [1.29, 1.82) is 5.26 Å². The van der Waals surface area contributed by atoms with Crippen LogP contribution in [0.2, 0.25) is 0 Å². The summed E-state index contributed by atoms with van der Waals surface area (Å²) in [4.78, 5) is 18.4. The summed E-state index contributed by atoms with van der Waals surface area (Å²) < 4.78 is 19.1. The Kier molecular flexibility index (Phi) is 8.35. The fourth-order valence-electron chi connectivity index (χ4n) is 4.92. The van der Waals surface area contributed by atoms with Crippen LogP contribution in [0, 0.1) is 40.8 Å². The maximum atomic E-state index is 13.8. The molecule has 190 valence electrons. The molecule has 1 fully saturated rings. The van der Waals surface area contributed by atoms with Crippen LogP contribution in [-0.2, 0) is 4.79 Å². The van der Waals surface area contributed by atoms with Crippen molar-refractivity contribution in [2.24, 2.45) is 11.8 Å². The van der Waals surface area contributed by atoms with E-state index in [-0.39, 0.29) is 11.5 Å². The zero-order chi connectivity index (χ0) is 26.4. The zero-order valence-corrected chi connectivity index (χ0v) is 20.5. The number of ether oxygens (including phenoxy) is 1. The molecule has 3 aromatic rings. The Balaban J connectivity index is 1.39. The Morgan fingerprint density at radius 1 is 1.32 bits per heavy atom. The van der Waals surface area contributed by atoms with Gasteiger partial charge in [-0.15, -0.1) is 0 Å². The van der Waals surface area contributed by atoms with Crippen LogP contribution in [0.5, 0.6) is 5.75 Å². The molecule has 2 N–H and O–H groups in total. The first kappa shape index (κ1) is 26.1. The molecule has 7 nitrogen and oxygen atoms in total. The van der Waals surface area contributed by atoms with Crippen molar-refractivity contribution in [1.82, 2.24) is 9.88 Å². The van der Waals surface area contributed by atoms with Crippen LogP contribution in [-0.4, -0.2) is 52.8 Å². The maximum Gasteiger partial charge on any atom is 0.308 e. The van der Waals surface area contributed by atoms with Gasteiger partial charge in [-0.05, 0) is 73.7 Å². The number of methoxy groups -OCH3 is 1. The second-order valence-electron chi connectivity index (χ2n) is 9.18. The number of nitriles is 1. The van der Waals surface area contributed by atoms with Gasteiger partial charge in [0.25, 0.3) is 0 Å². The Labute approximate surface area is 215 Å². The lowest BCUT2D eigenvalue weighted by atomic mass is 9.81. The van der Waals surface area contributed by atoms with E-state index in [4.69, 9.17) is 10.00 Å². The Morgan fingerprint density at radius 2 is 2.16 bits per heavy atom. The molecule has 0 bridgehead atoms. The van der Waals surface area contributed by atoms with Crippen LogP contribution >= 0.6 is 0 Å². The molecular formula is C29H28FN3O4. The number of aromatic nitrogens is 1. The standard InChI is InChI=1S/C29H28FN3O4/c1-37-21-8-9-27-23(16-21)22(11-13-32-27)28(34)10-7-20-12-15-33(18-25(20)29(35)36)14-3-5-19-4-2-6-26(30)24(19)17-31/h2,4,6,8-9,11,13,16,20,25,28,34H,7,10,12,14-15,18H2,1H3,(H,35,36)/t20-,25+,28+/m1/s1. The Bertz CT molecular complexity index is 1390. The number of carbonyl (C=O) groups is 1. The number of hydrogen-bond donors (Lipinski definition) is 2. The van der Waals surface area contributed by atoms with E-state index in [1.807, 2.05) is 29.2 Å². The molecule has 0 spiro atoms. The van der Waals surface area contributed by atoms with E-state index in [1.54, 1.807) is 25.4 Å². The number of carboxylic acid groups (broad SMARTS) is 1. The number of halogens is 1.